The quantitative estimate of drug-likeness (QED) is 0.854. The van der Waals surface area contributed by atoms with Crippen LogP contribution in [-0.2, 0) is 6.42 Å². The Kier molecular flexibility index (Phi) is 7.66. The number of aliphatic hydroxyl groups excluding tert-OH is 1. The first-order chi connectivity index (χ1) is 11.8. The smallest absolute Gasteiger partial charge is 0.111 e. The van der Waals surface area contributed by atoms with Gasteiger partial charge in [0.15, 0.2) is 0 Å². The maximum Gasteiger partial charge on any atom is 0.111 e. The largest absolute Gasteiger partial charge is 0.400 e. The van der Waals surface area contributed by atoms with Gasteiger partial charge in [-0.05, 0) is 74.1 Å². The van der Waals surface area contributed by atoms with E-state index in [-0.39, 0.29) is 0 Å². The van der Waals surface area contributed by atoms with Crippen LogP contribution in [0.1, 0.15) is 44.6 Å². The van der Waals surface area contributed by atoms with Crippen molar-refractivity contribution in [1.82, 2.24) is 4.90 Å². The zero-order valence-corrected chi connectivity index (χ0v) is 15.1. The SMILES string of the molecule is CCc1cc(N2CCC(N3CCCCC3)CC2)ccc1N=O.CO. The Labute approximate surface area is 145 Å². The molecule has 0 radical (unpaired) electrons. The van der Waals surface area contributed by atoms with E-state index in [4.69, 9.17) is 5.11 Å². The summed E-state index contributed by atoms with van der Waals surface area (Å²) in [6.07, 6.45) is 7.54. The van der Waals surface area contributed by atoms with Crippen LogP contribution in [0.25, 0.3) is 0 Å². The molecule has 2 saturated heterocycles. The number of likely N-dealkylation sites (tertiary alicyclic amines) is 1. The fourth-order valence-corrected chi connectivity index (χ4v) is 3.91. The van der Waals surface area contributed by atoms with Crippen LogP contribution < -0.4 is 4.90 Å². The van der Waals surface area contributed by atoms with Crippen molar-refractivity contribution in [2.75, 3.05) is 38.2 Å². The molecule has 0 bridgehead atoms. The lowest BCUT2D eigenvalue weighted by Gasteiger charge is -2.41. The van der Waals surface area contributed by atoms with Crippen LogP contribution in [0, 0.1) is 4.91 Å². The molecule has 0 aromatic heterocycles. The normalized spacial score (nSPS) is 19.5. The Balaban J connectivity index is 0.00000100. The number of aliphatic hydroxyl groups is 1. The first-order valence-electron chi connectivity index (χ1n) is 9.22. The molecule has 1 N–H and O–H groups in total. The van der Waals surface area contributed by atoms with Gasteiger partial charge in [0.2, 0.25) is 0 Å². The molecular formula is C19H31N3O2. The zero-order chi connectivity index (χ0) is 17.4. The van der Waals surface area contributed by atoms with E-state index in [1.807, 2.05) is 6.07 Å². The average Bonchev–Trinajstić information content (AvgIpc) is 2.69. The fourth-order valence-electron chi connectivity index (χ4n) is 3.91. The van der Waals surface area contributed by atoms with Gasteiger partial charge in [-0.2, -0.15) is 0 Å². The second-order valence-electron chi connectivity index (χ2n) is 6.57. The van der Waals surface area contributed by atoms with Crippen molar-refractivity contribution in [3.8, 4) is 0 Å². The number of hydrogen-bond donors (Lipinski definition) is 1. The Morgan fingerprint density at radius 1 is 1.08 bits per heavy atom. The second-order valence-corrected chi connectivity index (χ2v) is 6.57. The summed E-state index contributed by atoms with van der Waals surface area (Å²) in [5, 5.41) is 10.1. The molecular weight excluding hydrogens is 302 g/mol. The minimum atomic E-state index is 0.592. The van der Waals surface area contributed by atoms with Gasteiger partial charge >= 0.3 is 0 Å². The van der Waals surface area contributed by atoms with Gasteiger partial charge in [-0.1, -0.05) is 13.3 Å². The minimum absolute atomic E-state index is 0.592. The highest BCUT2D eigenvalue weighted by atomic mass is 16.3. The molecule has 2 fully saturated rings. The Hall–Kier alpha value is -1.46. The van der Waals surface area contributed by atoms with Gasteiger partial charge in [-0.15, -0.1) is 4.91 Å². The minimum Gasteiger partial charge on any atom is -0.400 e. The van der Waals surface area contributed by atoms with Crippen LogP contribution in [0.5, 0.6) is 0 Å². The van der Waals surface area contributed by atoms with Crippen LogP contribution in [-0.4, -0.2) is 49.3 Å². The number of rotatable bonds is 4. The van der Waals surface area contributed by atoms with E-state index >= 15 is 0 Å². The summed E-state index contributed by atoms with van der Waals surface area (Å²) in [4.78, 5) is 16.0. The monoisotopic (exact) mass is 333 g/mol. The summed E-state index contributed by atoms with van der Waals surface area (Å²) in [6.45, 7) is 6.92. The highest BCUT2D eigenvalue weighted by Gasteiger charge is 2.25. The molecule has 0 amide bonds. The number of benzene rings is 1. The summed E-state index contributed by atoms with van der Waals surface area (Å²) < 4.78 is 0. The highest BCUT2D eigenvalue weighted by Crippen LogP contribution is 2.29. The van der Waals surface area contributed by atoms with Gasteiger partial charge < -0.3 is 14.9 Å². The molecule has 2 aliphatic rings. The van der Waals surface area contributed by atoms with E-state index in [0.717, 1.165) is 38.2 Å². The van der Waals surface area contributed by atoms with E-state index < -0.39 is 0 Å². The predicted molar refractivity (Wildman–Crippen MR) is 100 cm³/mol. The molecule has 3 rings (SSSR count). The Morgan fingerprint density at radius 2 is 1.75 bits per heavy atom. The third-order valence-electron chi connectivity index (χ3n) is 5.28. The number of anilines is 1. The molecule has 0 spiro atoms. The van der Waals surface area contributed by atoms with Crippen molar-refractivity contribution in [2.45, 2.75) is 51.5 Å². The van der Waals surface area contributed by atoms with E-state index in [2.05, 4.69) is 34.0 Å². The zero-order valence-electron chi connectivity index (χ0n) is 15.1. The van der Waals surface area contributed by atoms with Crippen LogP contribution in [0.2, 0.25) is 0 Å². The topological polar surface area (TPSA) is 56.1 Å². The third-order valence-corrected chi connectivity index (χ3v) is 5.28. The van der Waals surface area contributed by atoms with Crippen molar-refractivity contribution in [3.05, 3.63) is 28.7 Å². The molecule has 24 heavy (non-hydrogen) atoms. The van der Waals surface area contributed by atoms with E-state index in [1.165, 1.54) is 50.9 Å². The molecule has 0 saturated carbocycles. The lowest BCUT2D eigenvalue weighted by Crippen LogP contribution is -2.46. The van der Waals surface area contributed by atoms with Crippen molar-refractivity contribution >= 4 is 11.4 Å². The maximum atomic E-state index is 10.8. The summed E-state index contributed by atoms with van der Waals surface area (Å²) in [6, 6.07) is 6.85. The van der Waals surface area contributed by atoms with Gasteiger partial charge in [0.05, 0.1) is 0 Å². The molecule has 134 valence electrons. The van der Waals surface area contributed by atoms with E-state index in [1.54, 1.807) is 0 Å². The molecule has 5 heteroatoms. The van der Waals surface area contributed by atoms with Crippen molar-refractivity contribution < 1.29 is 5.11 Å². The number of aryl methyl sites for hydroxylation is 1. The lowest BCUT2D eigenvalue weighted by molar-refractivity contribution is 0.141. The van der Waals surface area contributed by atoms with Gasteiger partial charge in [-0.25, -0.2) is 0 Å². The number of hydrogen-bond acceptors (Lipinski definition) is 5. The van der Waals surface area contributed by atoms with Crippen molar-refractivity contribution in [3.63, 3.8) is 0 Å². The molecule has 0 aliphatic carbocycles. The van der Waals surface area contributed by atoms with E-state index in [9.17, 15) is 4.91 Å². The van der Waals surface area contributed by atoms with Crippen LogP contribution >= 0.6 is 0 Å². The second kappa shape index (κ2) is 9.74. The van der Waals surface area contributed by atoms with Crippen molar-refractivity contribution in [1.29, 1.82) is 0 Å². The standard InChI is InChI=1S/C18H27N3O.CH4O/c1-2-15-14-17(6-7-18(15)19-22)21-12-8-16(9-13-21)20-10-4-3-5-11-20;1-2/h6-7,14,16H,2-5,8-13H2,1H3;2H,1H3. The van der Waals surface area contributed by atoms with Crippen LogP contribution in [0.15, 0.2) is 23.4 Å². The molecule has 5 nitrogen and oxygen atoms in total. The van der Waals surface area contributed by atoms with Crippen LogP contribution in [0.4, 0.5) is 11.4 Å². The maximum absolute atomic E-state index is 10.8. The van der Waals surface area contributed by atoms with Gasteiger partial charge in [0.1, 0.15) is 5.69 Å². The summed E-state index contributed by atoms with van der Waals surface area (Å²) in [5.41, 5.74) is 2.90. The van der Waals surface area contributed by atoms with Crippen LogP contribution in [0.3, 0.4) is 0 Å². The van der Waals surface area contributed by atoms with E-state index in [0.29, 0.717) is 5.69 Å². The number of nitroso groups, excluding NO2 is 1. The Bertz CT molecular complexity index is 507. The molecule has 0 atom stereocenters. The summed E-state index contributed by atoms with van der Waals surface area (Å²) in [5.74, 6) is 0. The molecule has 1 aromatic carbocycles. The molecule has 1 aromatic rings. The van der Waals surface area contributed by atoms with Gasteiger partial charge in [-0.3, -0.25) is 0 Å². The highest BCUT2D eigenvalue weighted by molar-refractivity contribution is 5.58. The Morgan fingerprint density at radius 3 is 2.33 bits per heavy atom. The summed E-state index contributed by atoms with van der Waals surface area (Å²) >= 11 is 0. The number of nitrogens with zero attached hydrogens (tertiary/aromatic N) is 3. The fraction of sp³-hybridized carbons (Fsp3) is 0.684. The molecule has 0 unspecified atom stereocenters. The van der Waals surface area contributed by atoms with Gasteiger partial charge in [0.25, 0.3) is 0 Å². The third kappa shape index (κ3) is 4.54. The van der Waals surface area contributed by atoms with Crippen molar-refractivity contribution in [2.24, 2.45) is 5.18 Å². The lowest BCUT2D eigenvalue weighted by atomic mass is 9.99. The number of piperidine rings is 2. The summed E-state index contributed by atoms with van der Waals surface area (Å²) in [7, 11) is 1.00. The molecule has 2 heterocycles. The predicted octanol–water partition coefficient (Wildman–Crippen LogP) is 3.71. The molecule has 2 aliphatic heterocycles. The first kappa shape index (κ1) is 18.9. The average molecular weight is 333 g/mol. The van der Waals surface area contributed by atoms with Gasteiger partial charge in [0, 0.05) is 31.9 Å². The first-order valence-corrected chi connectivity index (χ1v) is 9.22.